The van der Waals surface area contributed by atoms with E-state index < -0.39 is 11.7 Å². The van der Waals surface area contributed by atoms with E-state index in [9.17, 15) is 13.2 Å². The molecule has 118 valence electrons. The van der Waals surface area contributed by atoms with Crippen molar-refractivity contribution in [3.63, 3.8) is 0 Å². The van der Waals surface area contributed by atoms with Crippen LogP contribution in [0, 0.1) is 0 Å². The Balaban J connectivity index is 1.88. The highest BCUT2D eigenvalue weighted by Gasteiger charge is 2.30. The third kappa shape index (κ3) is 2.48. The quantitative estimate of drug-likeness (QED) is 0.434. The second-order valence-corrected chi connectivity index (χ2v) is 5.48. The van der Waals surface area contributed by atoms with Crippen LogP contribution < -0.4 is 0 Å². The standard InChI is InChI=1S/C19H11F3N2/c20-19(21,22)13-4-1-3-12(11-13)16-7-6-15-14-5-2-10-23-17(14)8-9-18(15)24-16/h1-11H. The molecular weight excluding hydrogens is 313 g/mol. The zero-order chi connectivity index (χ0) is 16.7. The maximum Gasteiger partial charge on any atom is 0.416 e. The van der Waals surface area contributed by atoms with Gasteiger partial charge in [0.25, 0.3) is 0 Å². The number of alkyl halides is 3. The lowest BCUT2D eigenvalue weighted by Gasteiger charge is -2.09. The Kier molecular flexibility index (Phi) is 3.23. The van der Waals surface area contributed by atoms with E-state index >= 15 is 0 Å². The molecule has 0 saturated heterocycles. The third-order valence-electron chi connectivity index (χ3n) is 3.94. The Morgan fingerprint density at radius 2 is 1.54 bits per heavy atom. The average Bonchev–Trinajstić information content (AvgIpc) is 2.60. The summed E-state index contributed by atoms with van der Waals surface area (Å²) in [6, 6.07) is 16.3. The lowest BCUT2D eigenvalue weighted by molar-refractivity contribution is -0.137. The Bertz CT molecular complexity index is 1060. The van der Waals surface area contributed by atoms with Gasteiger partial charge in [-0.25, -0.2) is 4.98 Å². The Labute approximate surface area is 135 Å². The van der Waals surface area contributed by atoms with Crippen molar-refractivity contribution in [2.24, 2.45) is 0 Å². The van der Waals surface area contributed by atoms with Crippen LogP contribution in [0.1, 0.15) is 5.56 Å². The van der Waals surface area contributed by atoms with E-state index in [1.54, 1.807) is 18.3 Å². The molecule has 4 aromatic rings. The molecule has 0 N–H and O–H groups in total. The summed E-state index contributed by atoms with van der Waals surface area (Å²) in [4.78, 5) is 8.82. The van der Waals surface area contributed by atoms with Gasteiger partial charge in [-0.2, -0.15) is 13.2 Å². The van der Waals surface area contributed by atoms with E-state index in [1.807, 2.05) is 30.3 Å². The van der Waals surface area contributed by atoms with Gasteiger partial charge in [0, 0.05) is 22.5 Å². The van der Waals surface area contributed by atoms with Gasteiger partial charge in [0.15, 0.2) is 0 Å². The van der Waals surface area contributed by atoms with Gasteiger partial charge in [-0.3, -0.25) is 4.98 Å². The largest absolute Gasteiger partial charge is 0.416 e. The predicted molar refractivity (Wildman–Crippen MR) is 87.5 cm³/mol. The number of rotatable bonds is 1. The molecule has 0 unspecified atom stereocenters. The Morgan fingerprint density at radius 1 is 0.750 bits per heavy atom. The summed E-state index contributed by atoms with van der Waals surface area (Å²) in [7, 11) is 0. The first-order valence-corrected chi connectivity index (χ1v) is 7.34. The fourth-order valence-corrected chi connectivity index (χ4v) is 2.78. The van der Waals surface area contributed by atoms with Crippen molar-refractivity contribution < 1.29 is 13.2 Å². The first-order chi connectivity index (χ1) is 11.5. The van der Waals surface area contributed by atoms with Gasteiger partial charge in [-0.15, -0.1) is 0 Å². The summed E-state index contributed by atoms with van der Waals surface area (Å²) in [6.45, 7) is 0. The lowest BCUT2D eigenvalue weighted by Crippen LogP contribution is -2.04. The molecule has 2 nitrogen and oxygen atoms in total. The first-order valence-electron chi connectivity index (χ1n) is 7.34. The number of nitrogens with zero attached hydrogens (tertiary/aromatic N) is 2. The first kappa shape index (κ1) is 14.6. The second kappa shape index (κ2) is 5.30. The van der Waals surface area contributed by atoms with Crippen molar-refractivity contribution in [1.82, 2.24) is 9.97 Å². The molecule has 0 radical (unpaired) electrons. The van der Waals surface area contributed by atoms with Crippen LogP contribution in [0.3, 0.4) is 0 Å². The zero-order valence-electron chi connectivity index (χ0n) is 12.4. The number of hydrogen-bond donors (Lipinski definition) is 0. The molecule has 0 aliphatic carbocycles. The van der Waals surface area contributed by atoms with Gasteiger partial charge in [0.05, 0.1) is 22.3 Å². The number of hydrogen-bond acceptors (Lipinski definition) is 2. The fourth-order valence-electron chi connectivity index (χ4n) is 2.78. The normalized spacial score (nSPS) is 12.0. The summed E-state index contributed by atoms with van der Waals surface area (Å²) in [5.41, 5.74) is 1.86. The topological polar surface area (TPSA) is 25.8 Å². The SMILES string of the molecule is FC(F)(F)c1cccc(-c2ccc3c(ccc4ncccc43)n2)c1. The minimum atomic E-state index is -4.37. The highest BCUT2D eigenvalue weighted by Crippen LogP contribution is 2.32. The summed E-state index contributed by atoms with van der Waals surface area (Å²) < 4.78 is 38.7. The van der Waals surface area contributed by atoms with Crippen LogP contribution in [-0.4, -0.2) is 9.97 Å². The molecule has 0 fully saturated rings. The molecule has 2 aromatic carbocycles. The van der Waals surface area contributed by atoms with Gasteiger partial charge < -0.3 is 0 Å². The van der Waals surface area contributed by atoms with Crippen molar-refractivity contribution >= 4 is 21.8 Å². The van der Waals surface area contributed by atoms with E-state index in [2.05, 4.69) is 9.97 Å². The molecule has 5 heteroatoms. The lowest BCUT2D eigenvalue weighted by atomic mass is 10.0. The highest BCUT2D eigenvalue weighted by atomic mass is 19.4. The minimum Gasteiger partial charge on any atom is -0.256 e. The monoisotopic (exact) mass is 324 g/mol. The van der Waals surface area contributed by atoms with E-state index in [1.165, 1.54) is 6.07 Å². The van der Waals surface area contributed by atoms with Crippen LogP contribution in [0.15, 0.2) is 66.9 Å². The molecule has 2 heterocycles. The third-order valence-corrected chi connectivity index (χ3v) is 3.94. The van der Waals surface area contributed by atoms with Gasteiger partial charge >= 0.3 is 6.18 Å². The van der Waals surface area contributed by atoms with E-state index in [0.717, 1.165) is 33.9 Å². The molecule has 0 atom stereocenters. The molecule has 0 amide bonds. The van der Waals surface area contributed by atoms with Crippen LogP contribution >= 0.6 is 0 Å². The number of pyridine rings is 2. The number of benzene rings is 2. The van der Waals surface area contributed by atoms with Crippen LogP contribution in [0.2, 0.25) is 0 Å². The molecule has 2 aromatic heterocycles. The van der Waals surface area contributed by atoms with Gasteiger partial charge in [0.1, 0.15) is 0 Å². The Morgan fingerprint density at radius 3 is 2.38 bits per heavy atom. The maximum atomic E-state index is 12.9. The van der Waals surface area contributed by atoms with Crippen LogP contribution in [0.5, 0.6) is 0 Å². The van der Waals surface area contributed by atoms with Crippen molar-refractivity contribution in [3.8, 4) is 11.3 Å². The van der Waals surface area contributed by atoms with Crippen molar-refractivity contribution in [2.45, 2.75) is 6.18 Å². The van der Waals surface area contributed by atoms with Crippen molar-refractivity contribution in [3.05, 3.63) is 72.4 Å². The van der Waals surface area contributed by atoms with Gasteiger partial charge in [-0.1, -0.05) is 18.2 Å². The zero-order valence-corrected chi connectivity index (χ0v) is 12.4. The summed E-state index contributed by atoms with van der Waals surface area (Å²) in [5.74, 6) is 0. The molecule has 4 rings (SSSR count). The molecule has 0 saturated carbocycles. The molecular formula is C19H11F3N2. The number of halogens is 3. The van der Waals surface area contributed by atoms with E-state index in [4.69, 9.17) is 0 Å². The van der Waals surface area contributed by atoms with Crippen molar-refractivity contribution in [2.75, 3.05) is 0 Å². The van der Waals surface area contributed by atoms with Gasteiger partial charge in [-0.05, 0) is 42.5 Å². The molecule has 0 bridgehead atoms. The number of aromatic nitrogens is 2. The fraction of sp³-hybridized carbons (Fsp3) is 0.0526. The minimum absolute atomic E-state index is 0.443. The molecule has 0 aliphatic rings. The smallest absolute Gasteiger partial charge is 0.256 e. The maximum absolute atomic E-state index is 12.9. The summed E-state index contributed by atoms with van der Waals surface area (Å²) in [5, 5.41) is 1.90. The van der Waals surface area contributed by atoms with E-state index in [-0.39, 0.29) is 0 Å². The highest BCUT2D eigenvalue weighted by molar-refractivity contribution is 6.05. The summed E-state index contributed by atoms with van der Waals surface area (Å²) in [6.07, 6.45) is -2.65. The summed E-state index contributed by atoms with van der Waals surface area (Å²) >= 11 is 0. The predicted octanol–water partition coefficient (Wildman–Crippen LogP) is 5.47. The Hall–Kier alpha value is -2.95. The molecule has 24 heavy (non-hydrogen) atoms. The van der Waals surface area contributed by atoms with Crippen LogP contribution in [-0.2, 0) is 6.18 Å². The van der Waals surface area contributed by atoms with E-state index in [0.29, 0.717) is 11.3 Å². The molecule has 0 spiro atoms. The molecule has 0 aliphatic heterocycles. The van der Waals surface area contributed by atoms with Gasteiger partial charge in [0.2, 0.25) is 0 Å². The van der Waals surface area contributed by atoms with Crippen LogP contribution in [0.25, 0.3) is 33.1 Å². The van der Waals surface area contributed by atoms with Crippen molar-refractivity contribution in [1.29, 1.82) is 0 Å². The number of fused-ring (bicyclic) bond motifs is 3. The average molecular weight is 324 g/mol. The second-order valence-electron chi connectivity index (χ2n) is 5.48. The van der Waals surface area contributed by atoms with Crippen LogP contribution in [0.4, 0.5) is 13.2 Å².